The minimum absolute atomic E-state index is 0.406. The predicted octanol–water partition coefficient (Wildman–Crippen LogP) is 1.56. The first-order valence-electron chi connectivity index (χ1n) is 4.78. The van der Waals surface area contributed by atoms with Crippen LogP contribution in [0.15, 0.2) is 5.10 Å². The molecular formula is C9H17N3OS. The number of hydrogen-bond donors (Lipinski definition) is 2. The Bertz CT molecular complexity index is 254. The number of hydrazone groups is 1. The summed E-state index contributed by atoms with van der Waals surface area (Å²) in [4.78, 5) is 10.5. The third kappa shape index (κ3) is 2.90. The number of hydrogen-bond acceptors (Lipinski definition) is 3. The molecule has 0 aliphatic carbocycles. The molecule has 0 unspecified atom stereocenters. The first-order chi connectivity index (χ1) is 6.50. The molecule has 14 heavy (non-hydrogen) atoms. The van der Waals surface area contributed by atoms with Crippen molar-refractivity contribution < 1.29 is 4.79 Å². The van der Waals surface area contributed by atoms with Crippen molar-refractivity contribution in [3.05, 3.63) is 0 Å². The number of amides is 2. The van der Waals surface area contributed by atoms with Gasteiger partial charge in [0, 0.05) is 22.1 Å². The fraction of sp³-hybridized carbons (Fsp3) is 0.778. The zero-order valence-electron chi connectivity index (χ0n) is 8.78. The molecule has 4 nitrogen and oxygen atoms in total. The second-order valence-corrected chi connectivity index (χ2v) is 5.54. The third-order valence-corrected chi connectivity index (χ3v) is 3.95. The Kier molecular flexibility index (Phi) is 3.80. The summed E-state index contributed by atoms with van der Waals surface area (Å²) in [5.74, 6) is 0.406. The molecule has 80 valence electrons. The number of carbonyl (C=O) groups is 1. The van der Waals surface area contributed by atoms with E-state index < -0.39 is 6.03 Å². The second-order valence-electron chi connectivity index (χ2n) is 3.72. The lowest BCUT2D eigenvalue weighted by atomic mass is 9.98. The SMILES string of the molecule is C[C@@H]1CC(=NNC(N)=O)[C@@H](C)[C@H](C)S1. The van der Waals surface area contributed by atoms with Gasteiger partial charge >= 0.3 is 6.03 Å². The van der Waals surface area contributed by atoms with E-state index in [1.165, 1.54) is 0 Å². The highest BCUT2D eigenvalue weighted by atomic mass is 32.2. The average molecular weight is 215 g/mol. The van der Waals surface area contributed by atoms with Crippen molar-refractivity contribution in [1.82, 2.24) is 5.43 Å². The lowest BCUT2D eigenvalue weighted by Gasteiger charge is -2.30. The maximum atomic E-state index is 10.5. The molecule has 0 radical (unpaired) electrons. The molecule has 0 spiro atoms. The van der Waals surface area contributed by atoms with Crippen LogP contribution in [0.5, 0.6) is 0 Å². The normalized spacial score (nSPS) is 35.6. The molecular weight excluding hydrogens is 198 g/mol. The molecule has 1 heterocycles. The summed E-state index contributed by atoms with van der Waals surface area (Å²) in [6.07, 6.45) is 0.927. The summed E-state index contributed by atoms with van der Waals surface area (Å²) < 4.78 is 0. The average Bonchev–Trinajstić information content (AvgIpc) is 2.08. The Morgan fingerprint density at radius 3 is 2.79 bits per heavy atom. The predicted molar refractivity (Wildman–Crippen MR) is 60.5 cm³/mol. The van der Waals surface area contributed by atoms with Crippen molar-refractivity contribution in [2.45, 2.75) is 37.7 Å². The van der Waals surface area contributed by atoms with Gasteiger partial charge in [-0.15, -0.1) is 0 Å². The first kappa shape index (κ1) is 11.4. The smallest absolute Gasteiger partial charge is 0.332 e. The topological polar surface area (TPSA) is 67.5 Å². The summed E-state index contributed by atoms with van der Waals surface area (Å²) in [6.45, 7) is 6.49. The van der Waals surface area contributed by atoms with Crippen molar-refractivity contribution in [2.24, 2.45) is 16.8 Å². The molecule has 2 amide bonds. The lowest BCUT2D eigenvalue weighted by Crippen LogP contribution is -2.34. The zero-order valence-corrected chi connectivity index (χ0v) is 9.60. The molecule has 0 aromatic heterocycles. The van der Waals surface area contributed by atoms with Crippen LogP contribution in [0, 0.1) is 5.92 Å². The van der Waals surface area contributed by atoms with Crippen LogP contribution in [0.4, 0.5) is 4.79 Å². The number of primary amides is 1. The Morgan fingerprint density at radius 1 is 1.57 bits per heavy atom. The standard InChI is InChI=1S/C9H17N3OS/c1-5-4-8(11-12-9(10)13)6(2)7(3)14-5/h5-7H,4H2,1-3H3,(H3,10,12,13)/t5-,6+,7+/m1/s1. The molecule has 1 rings (SSSR count). The second kappa shape index (κ2) is 4.68. The summed E-state index contributed by atoms with van der Waals surface area (Å²) in [7, 11) is 0. The van der Waals surface area contributed by atoms with Gasteiger partial charge in [-0.1, -0.05) is 20.8 Å². The van der Waals surface area contributed by atoms with Crippen LogP contribution in [-0.2, 0) is 0 Å². The van der Waals surface area contributed by atoms with Gasteiger partial charge in [-0.05, 0) is 6.42 Å². The van der Waals surface area contributed by atoms with E-state index in [0.29, 0.717) is 16.4 Å². The fourth-order valence-electron chi connectivity index (χ4n) is 1.56. The Balaban J connectivity index is 2.65. The van der Waals surface area contributed by atoms with Crippen molar-refractivity contribution in [3.8, 4) is 0 Å². The van der Waals surface area contributed by atoms with E-state index in [1.54, 1.807) is 0 Å². The number of nitrogens with zero attached hydrogens (tertiary/aromatic N) is 1. The van der Waals surface area contributed by atoms with Crippen LogP contribution in [0.25, 0.3) is 0 Å². The molecule has 5 heteroatoms. The molecule has 1 aliphatic heterocycles. The van der Waals surface area contributed by atoms with E-state index in [4.69, 9.17) is 5.73 Å². The molecule has 0 saturated carbocycles. The van der Waals surface area contributed by atoms with E-state index in [1.807, 2.05) is 11.8 Å². The number of urea groups is 1. The van der Waals surface area contributed by atoms with Crippen LogP contribution in [-0.4, -0.2) is 22.2 Å². The molecule has 1 saturated heterocycles. The van der Waals surface area contributed by atoms with Crippen LogP contribution >= 0.6 is 11.8 Å². The van der Waals surface area contributed by atoms with Crippen LogP contribution in [0.3, 0.4) is 0 Å². The summed E-state index contributed by atoms with van der Waals surface area (Å²) in [5.41, 5.74) is 8.31. The van der Waals surface area contributed by atoms with Gasteiger partial charge in [-0.2, -0.15) is 16.9 Å². The maximum Gasteiger partial charge on any atom is 0.332 e. The summed E-state index contributed by atoms with van der Waals surface area (Å²) in [5, 5.41) is 5.16. The molecule has 0 aromatic carbocycles. The van der Waals surface area contributed by atoms with Crippen molar-refractivity contribution in [3.63, 3.8) is 0 Å². The van der Waals surface area contributed by atoms with Gasteiger partial charge < -0.3 is 5.73 Å². The van der Waals surface area contributed by atoms with Crippen molar-refractivity contribution in [2.75, 3.05) is 0 Å². The van der Waals surface area contributed by atoms with Crippen molar-refractivity contribution >= 4 is 23.5 Å². The molecule has 1 fully saturated rings. The zero-order chi connectivity index (χ0) is 10.7. The Morgan fingerprint density at radius 2 is 2.21 bits per heavy atom. The van der Waals surface area contributed by atoms with Crippen molar-refractivity contribution in [1.29, 1.82) is 0 Å². The lowest BCUT2D eigenvalue weighted by molar-refractivity contribution is 0.249. The van der Waals surface area contributed by atoms with Gasteiger partial charge in [-0.25, -0.2) is 10.2 Å². The highest BCUT2D eigenvalue weighted by Crippen LogP contribution is 2.33. The number of carbonyl (C=O) groups excluding carboxylic acids is 1. The van der Waals surface area contributed by atoms with Crippen LogP contribution in [0.1, 0.15) is 27.2 Å². The first-order valence-corrected chi connectivity index (χ1v) is 5.72. The highest BCUT2D eigenvalue weighted by molar-refractivity contribution is 8.00. The van der Waals surface area contributed by atoms with Crippen LogP contribution < -0.4 is 11.2 Å². The van der Waals surface area contributed by atoms with Gasteiger partial charge in [0.25, 0.3) is 0 Å². The summed E-state index contributed by atoms with van der Waals surface area (Å²) in [6, 6.07) is -0.594. The van der Waals surface area contributed by atoms with E-state index in [2.05, 4.69) is 31.3 Å². The van der Waals surface area contributed by atoms with Crippen LogP contribution in [0.2, 0.25) is 0 Å². The van der Waals surface area contributed by atoms with Gasteiger partial charge in [0.1, 0.15) is 0 Å². The maximum absolute atomic E-state index is 10.5. The largest absolute Gasteiger partial charge is 0.350 e. The minimum Gasteiger partial charge on any atom is -0.350 e. The molecule has 3 N–H and O–H groups in total. The molecule has 3 atom stereocenters. The fourth-order valence-corrected chi connectivity index (χ4v) is 2.95. The number of rotatable bonds is 1. The van der Waals surface area contributed by atoms with Gasteiger partial charge in [0.2, 0.25) is 0 Å². The quantitative estimate of drug-likeness (QED) is 0.652. The van der Waals surface area contributed by atoms with E-state index in [9.17, 15) is 4.79 Å². The van der Waals surface area contributed by atoms with Gasteiger partial charge in [0.05, 0.1) is 0 Å². The minimum atomic E-state index is -0.594. The summed E-state index contributed by atoms with van der Waals surface area (Å²) >= 11 is 1.96. The molecule has 1 aliphatic rings. The molecule has 0 bridgehead atoms. The number of nitrogens with one attached hydrogen (secondary N) is 1. The Labute approximate surface area is 88.7 Å². The molecule has 0 aromatic rings. The van der Waals surface area contributed by atoms with E-state index in [-0.39, 0.29) is 0 Å². The van der Waals surface area contributed by atoms with E-state index in [0.717, 1.165) is 12.1 Å². The number of thioether (sulfide) groups is 1. The Hall–Kier alpha value is -0.710. The number of nitrogens with two attached hydrogens (primary N) is 1. The highest BCUT2D eigenvalue weighted by Gasteiger charge is 2.27. The monoisotopic (exact) mass is 215 g/mol. The van der Waals surface area contributed by atoms with Gasteiger partial charge in [-0.3, -0.25) is 0 Å². The third-order valence-electron chi connectivity index (χ3n) is 2.48. The van der Waals surface area contributed by atoms with Gasteiger partial charge in [0.15, 0.2) is 0 Å². The van der Waals surface area contributed by atoms with E-state index >= 15 is 0 Å².